The number of hydrogen-bond donors (Lipinski definition) is 0. The lowest BCUT2D eigenvalue weighted by atomic mass is 10.4. The minimum Gasteiger partial charge on any atom is -0.106 e. The van der Waals surface area contributed by atoms with Crippen LogP contribution in [-0.4, -0.2) is 37.0 Å². The first-order chi connectivity index (χ1) is 8.78. The van der Waals surface area contributed by atoms with E-state index in [0.717, 1.165) is 0 Å². The zero-order chi connectivity index (χ0) is 13.6. The van der Waals surface area contributed by atoms with Gasteiger partial charge >= 0.3 is 0 Å². The van der Waals surface area contributed by atoms with E-state index in [-0.39, 0.29) is 0 Å². The summed E-state index contributed by atoms with van der Waals surface area (Å²) in [4.78, 5) is 0. The van der Waals surface area contributed by atoms with Crippen LogP contribution in [0.15, 0.2) is 0 Å². The van der Waals surface area contributed by atoms with Crippen molar-refractivity contribution in [2.45, 2.75) is 66.2 Å². The molecular weight excluding hydrogens is 254 g/mol. The van der Waals surface area contributed by atoms with Gasteiger partial charge in [-0.3, -0.25) is 0 Å². The molecule has 0 amide bonds. The molecule has 0 radical (unpaired) electrons. The number of unbranched alkanes of at least 4 members (excludes halogenated alkanes) is 2. The molecular formula is C16H36P2. The average Bonchev–Trinajstić information content (AvgIpc) is 2.38. The molecule has 0 rings (SSSR count). The second-order valence-corrected chi connectivity index (χ2v) is 10.8. The van der Waals surface area contributed by atoms with Gasteiger partial charge < -0.3 is 0 Å². The molecule has 0 saturated carbocycles. The maximum absolute atomic E-state index is 2.37. The second kappa shape index (κ2) is 14.3. The Bertz CT molecular complexity index is 141. The fourth-order valence-corrected chi connectivity index (χ4v) is 8.75. The van der Waals surface area contributed by atoms with Crippen molar-refractivity contribution < 1.29 is 0 Å². The Morgan fingerprint density at radius 2 is 0.833 bits per heavy atom. The maximum atomic E-state index is 2.37. The van der Waals surface area contributed by atoms with E-state index in [2.05, 4.69) is 27.7 Å². The Morgan fingerprint density at radius 3 is 1.11 bits per heavy atom. The van der Waals surface area contributed by atoms with E-state index >= 15 is 0 Å². The first kappa shape index (κ1) is 18.9. The molecule has 0 aromatic heterocycles. The average molecular weight is 290 g/mol. The van der Waals surface area contributed by atoms with Crippen LogP contribution in [0.3, 0.4) is 0 Å². The van der Waals surface area contributed by atoms with Crippen LogP contribution in [0, 0.1) is 0 Å². The molecule has 0 fully saturated rings. The van der Waals surface area contributed by atoms with Crippen LogP contribution in [0.5, 0.6) is 0 Å². The SMILES string of the molecule is CCCCP(CCC)CCP(CCC)CCCC. The summed E-state index contributed by atoms with van der Waals surface area (Å²) in [6.07, 6.45) is 18.0. The quantitative estimate of drug-likeness (QED) is 0.346. The molecule has 2 atom stereocenters. The fourth-order valence-electron chi connectivity index (χ4n) is 2.35. The van der Waals surface area contributed by atoms with Crippen molar-refractivity contribution >= 4 is 15.8 Å². The summed E-state index contributed by atoms with van der Waals surface area (Å²) in [7, 11) is 0.783. The topological polar surface area (TPSA) is 0 Å². The van der Waals surface area contributed by atoms with Gasteiger partial charge in [0.05, 0.1) is 0 Å². The van der Waals surface area contributed by atoms with Gasteiger partial charge in [0.25, 0.3) is 0 Å². The summed E-state index contributed by atoms with van der Waals surface area (Å²) >= 11 is 0. The highest BCUT2D eigenvalue weighted by Gasteiger charge is 2.11. The predicted molar refractivity (Wildman–Crippen MR) is 93.4 cm³/mol. The molecule has 18 heavy (non-hydrogen) atoms. The molecule has 2 heteroatoms. The van der Waals surface area contributed by atoms with E-state index in [4.69, 9.17) is 0 Å². The summed E-state index contributed by atoms with van der Waals surface area (Å²) in [5.74, 6) is 0. The summed E-state index contributed by atoms with van der Waals surface area (Å²) < 4.78 is 0. The highest BCUT2D eigenvalue weighted by atomic mass is 31.1. The van der Waals surface area contributed by atoms with Crippen molar-refractivity contribution in [2.75, 3.05) is 37.0 Å². The summed E-state index contributed by atoms with van der Waals surface area (Å²) in [5, 5.41) is 0. The van der Waals surface area contributed by atoms with Gasteiger partial charge in [0, 0.05) is 0 Å². The zero-order valence-electron chi connectivity index (χ0n) is 13.4. The van der Waals surface area contributed by atoms with E-state index in [9.17, 15) is 0 Å². The molecule has 0 aliphatic heterocycles. The van der Waals surface area contributed by atoms with Gasteiger partial charge in [0.15, 0.2) is 0 Å². The second-order valence-electron chi connectivity index (χ2n) is 5.39. The van der Waals surface area contributed by atoms with Crippen LogP contribution in [0.1, 0.15) is 66.2 Å². The molecule has 0 spiro atoms. The van der Waals surface area contributed by atoms with Crippen molar-refractivity contribution in [3.8, 4) is 0 Å². The van der Waals surface area contributed by atoms with Crippen molar-refractivity contribution in [2.24, 2.45) is 0 Å². The monoisotopic (exact) mass is 290 g/mol. The van der Waals surface area contributed by atoms with Gasteiger partial charge in [-0.2, -0.15) is 0 Å². The van der Waals surface area contributed by atoms with Gasteiger partial charge in [0.1, 0.15) is 0 Å². The molecule has 0 nitrogen and oxygen atoms in total. The Hall–Kier alpha value is 0.860. The lowest BCUT2D eigenvalue weighted by Crippen LogP contribution is -2.02. The first-order valence-electron chi connectivity index (χ1n) is 8.23. The third-order valence-electron chi connectivity index (χ3n) is 3.47. The number of rotatable bonds is 13. The molecule has 2 unspecified atom stereocenters. The Balaban J connectivity index is 3.92. The Kier molecular flexibility index (Phi) is 15.0. The molecule has 0 aliphatic carbocycles. The zero-order valence-corrected chi connectivity index (χ0v) is 15.2. The molecule has 0 heterocycles. The van der Waals surface area contributed by atoms with E-state index in [0.29, 0.717) is 15.8 Å². The van der Waals surface area contributed by atoms with Crippen molar-refractivity contribution in [1.29, 1.82) is 0 Å². The largest absolute Gasteiger partial charge is 0.106 e. The highest BCUT2D eigenvalue weighted by Crippen LogP contribution is 2.44. The predicted octanol–water partition coefficient (Wildman–Crippen LogP) is 6.37. The standard InChI is InChI=1S/C16H36P2/c1-5-9-13-17(11-7-3)15-16-18(12-8-4)14-10-6-2/h5-16H2,1-4H3. The third-order valence-corrected chi connectivity index (χ3v) is 9.59. The summed E-state index contributed by atoms with van der Waals surface area (Å²) in [6, 6.07) is 0. The molecule has 0 aromatic rings. The van der Waals surface area contributed by atoms with E-state index < -0.39 is 0 Å². The maximum Gasteiger partial charge on any atom is -0.0286 e. The van der Waals surface area contributed by atoms with Crippen LogP contribution in [-0.2, 0) is 0 Å². The molecule has 110 valence electrons. The smallest absolute Gasteiger partial charge is 0.0286 e. The Morgan fingerprint density at radius 1 is 0.444 bits per heavy atom. The van der Waals surface area contributed by atoms with E-state index in [1.165, 1.54) is 38.5 Å². The van der Waals surface area contributed by atoms with Crippen LogP contribution in [0.2, 0.25) is 0 Å². The van der Waals surface area contributed by atoms with Crippen LogP contribution >= 0.6 is 15.8 Å². The van der Waals surface area contributed by atoms with Gasteiger partial charge in [0.2, 0.25) is 0 Å². The fraction of sp³-hybridized carbons (Fsp3) is 1.00. The minimum atomic E-state index is 0.391. The Labute approximate surface area is 119 Å². The molecule has 0 saturated heterocycles. The van der Waals surface area contributed by atoms with Crippen LogP contribution in [0.4, 0.5) is 0 Å². The van der Waals surface area contributed by atoms with Crippen LogP contribution < -0.4 is 0 Å². The summed E-state index contributed by atoms with van der Waals surface area (Å²) in [5.41, 5.74) is 0. The third kappa shape index (κ3) is 10.8. The van der Waals surface area contributed by atoms with Gasteiger partial charge in [-0.1, -0.05) is 53.4 Å². The number of hydrogen-bond acceptors (Lipinski definition) is 0. The normalized spacial score (nSPS) is 14.7. The lowest BCUT2D eigenvalue weighted by Gasteiger charge is -2.22. The summed E-state index contributed by atoms with van der Waals surface area (Å²) in [6.45, 7) is 9.41. The molecule has 0 aliphatic rings. The first-order valence-corrected chi connectivity index (χ1v) is 12.0. The van der Waals surface area contributed by atoms with Gasteiger partial charge in [-0.05, 0) is 49.8 Å². The molecule has 0 N–H and O–H groups in total. The lowest BCUT2D eigenvalue weighted by molar-refractivity contribution is 0.883. The van der Waals surface area contributed by atoms with Crippen molar-refractivity contribution in [3.63, 3.8) is 0 Å². The van der Waals surface area contributed by atoms with Crippen LogP contribution in [0.25, 0.3) is 0 Å². The molecule has 0 aromatic carbocycles. The van der Waals surface area contributed by atoms with Gasteiger partial charge in [-0.15, -0.1) is 15.8 Å². The molecule has 0 bridgehead atoms. The van der Waals surface area contributed by atoms with Crippen molar-refractivity contribution in [3.05, 3.63) is 0 Å². The highest BCUT2D eigenvalue weighted by molar-refractivity contribution is 7.61. The van der Waals surface area contributed by atoms with E-state index in [1.54, 1.807) is 37.0 Å². The minimum absolute atomic E-state index is 0.391. The van der Waals surface area contributed by atoms with Gasteiger partial charge in [-0.25, -0.2) is 0 Å². The van der Waals surface area contributed by atoms with Crippen molar-refractivity contribution in [1.82, 2.24) is 0 Å². The van der Waals surface area contributed by atoms with E-state index in [1.807, 2.05) is 0 Å².